The van der Waals surface area contributed by atoms with E-state index in [1.807, 2.05) is 26.0 Å². The first-order chi connectivity index (χ1) is 10.4. The van der Waals surface area contributed by atoms with Crippen LogP contribution in [-0.2, 0) is 0 Å². The maximum atomic E-state index is 12.2. The Labute approximate surface area is 128 Å². The summed E-state index contributed by atoms with van der Waals surface area (Å²) >= 11 is 0. The Balaban J connectivity index is 2.18. The molecule has 0 saturated heterocycles. The van der Waals surface area contributed by atoms with Crippen LogP contribution in [0.15, 0.2) is 36.4 Å². The largest absolute Gasteiger partial charge is 0.478 e. The summed E-state index contributed by atoms with van der Waals surface area (Å²) in [6, 6.07) is 10.3. The van der Waals surface area contributed by atoms with Gasteiger partial charge in [-0.15, -0.1) is 0 Å². The molecule has 0 aromatic heterocycles. The van der Waals surface area contributed by atoms with Gasteiger partial charge in [-0.25, -0.2) is 0 Å². The third-order valence-electron chi connectivity index (χ3n) is 3.42. The van der Waals surface area contributed by atoms with E-state index >= 15 is 0 Å². The first-order valence-electron chi connectivity index (χ1n) is 6.87. The van der Waals surface area contributed by atoms with Gasteiger partial charge in [-0.3, -0.25) is 14.9 Å². The second-order valence-corrected chi connectivity index (χ2v) is 5.21. The van der Waals surface area contributed by atoms with Crippen LogP contribution in [0.3, 0.4) is 0 Å². The van der Waals surface area contributed by atoms with Crippen molar-refractivity contribution in [3.63, 3.8) is 0 Å². The number of nitro benzene ring substituents is 1. The molecule has 0 unspecified atom stereocenters. The number of nitro groups is 1. The Morgan fingerprint density at radius 3 is 2.50 bits per heavy atom. The number of para-hydroxylation sites is 1. The van der Waals surface area contributed by atoms with Crippen LogP contribution < -0.4 is 4.74 Å². The first kappa shape index (κ1) is 15.7. The predicted molar refractivity (Wildman–Crippen MR) is 83.6 cm³/mol. The highest BCUT2D eigenvalue weighted by Gasteiger charge is 2.19. The summed E-state index contributed by atoms with van der Waals surface area (Å²) in [6.07, 6.45) is 0. The summed E-state index contributed by atoms with van der Waals surface area (Å²) in [7, 11) is 0. The van der Waals surface area contributed by atoms with Crippen LogP contribution in [-0.4, -0.2) is 17.3 Å². The van der Waals surface area contributed by atoms with E-state index in [1.54, 1.807) is 25.1 Å². The number of hydrogen-bond donors (Lipinski definition) is 0. The third-order valence-corrected chi connectivity index (χ3v) is 3.42. The van der Waals surface area contributed by atoms with E-state index in [-0.39, 0.29) is 23.8 Å². The summed E-state index contributed by atoms with van der Waals surface area (Å²) in [6.45, 7) is 5.22. The van der Waals surface area contributed by atoms with Crippen molar-refractivity contribution in [3.05, 3.63) is 68.8 Å². The topological polar surface area (TPSA) is 69.4 Å². The molecule has 0 atom stereocenters. The van der Waals surface area contributed by atoms with E-state index in [1.165, 1.54) is 6.07 Å². The van der Waals surface area contributed by atoms with Crippen LogP contribution in [0.1, 0.15) is 27.0 Å². The number of rotatable bonds is 5. The highest BCUT2D eigenvalue weighted by atomic mass is 16.6. The minimum Gasteiger partial charge on any atom is -0.478 e. The number of hydrogen-bond acceptors (Lipinski definition) is 4. The van der Waals surface area contributed by atoms with Crippen molar-refractivity contribution in [1.29, 1.82) is 0 Å². The fourth-order valence-electron chi connectivity index (χ4n) is 2.33. The molecule has 0 bridgehead atoms. The normalized spacial score (nSPS) is 10.3. The van der Waals surface area contributed by atoms with Crippen molar-refractivity contribution in [2.45, 2.75) is 20.8 Å². The molecule has 2 rings (SSSR count). The van der Waals surface area contributed by atoms with E-state index in [0.717, 1.165) is 11.1 Å². The van der Waals surface area contributed by atoms with Gasteiger partial charge in [0.05, 0.1) is 4.92 Å². The lowest BCUT2D eigenvalue weighted by Crippen LogP contribution is -2.13. The number of carbonyl (C=O) groups excluding carboxylic acids is 1. The maximum absolute atomic E-state index is 12.2. The van der Waals surface area contributed by atoms with Gasteiger partial charge in [0.1, 0.15) is 0 Å². The molecule has 5 nitrogen and oxygen atoms in total. The van der Waals surface area contributed by atoms with Crippen LogP contribution >= 0.6 is 0 Å². The monoisotopic (exact) mass is 299 g/mol. The highest BCUT2D eigenvalue weighted by Crippen LogP contribution is 2.30. The Bertz CT molecular complexity index is 737. The van der Waals surface area contributed by atoms with Crippen LogP contribution in [0.5, 0.6) is 5.75 Å². The van der Waals surface area contributed by atoms with E-state index in [0.29, 0.717) is 11.1 Å². The van der Waals surface area contributed by atoms with Crippen molar-refractivity contribution < 1.29 is 14.5 Å². The molecule has 0 saturated carbocycles. The molecule has 114 valence electrons. The summed E-state index contributed by atoms with van der Waals surface area (Å²) in [5.74, 6) is -0.0866. The van der Waals surface area contributed by atoms with Gasteiger partial charge in [0.25, 0.3) is 0 Å². The summed E-state index contributed by atoms with van der Waals surface area (Å²) in [5.41, 5.74) is 2.91. The summed E-state index contributed by atoms with van der Waals surface area (Å²) in [4.78, 5) is 22.8. The van der Waals surface area contributed by atoms with Crippen LogP contribution in [0.4, 0.5) is 5.69 Å². The minimum atomic E-state index is -0.494. The van der Waals surface area contributed by atoms with Gasteiger partial charge < -0.3 is 4.74 Å². The molecule has 0 fully saturated rings. The van der Waals surface area contributed by atoms with Gasteiger partial charge in [-0.05, 0) is 32.4 Å². The quantitative estimate of drug-likeness (QED) is 0.478. The number of ether oxygens (including phenoxy) is 1. The average molecular weight is 299 g/mol. The molecule has 0 aliphatic rings. The van der Waals surface area contributed by atoms with Crippen molar-refractivity contribution >= 4 is 11.5 Å². The Morgan fingerprint density at radius 2 is 1.86 bits per heavy atom. The molecular formula is C17H17NO4. The summed E-state index contributed by atoms with van der Waals surface area (Å²) < 4.78 is 5.39. The number of ketones is 1. The zero-order chi connectivity index (χ0) is 16.3. The zero-order valence-electron chi connectivity index (χ0n) is 12.8. The number of aryl methyl sites for hydroxylation is 3. The average Bonchev–Trinajstić information content (AvgIpc) is 2.44. The second-order valence-electron chi connectivity index (χ2n) is 5.21. The Hall–Kier alpha value is -2.69. The number of benzene rings is 2. The standard InChI is InChI=1S/C17H17NO4/c1-11-7-8-14(13(3)9-11)15(19)10-22-16-6-4-5-12(2)17(16)18(20)21/h4-9H,10H2,1-3H3. The fourth-order valence-corrected chi connectivity index (χ4v) is 2.33. The Morgan fingerprint density at radius 1 is 1.14 bits per heavy atom. The van der Waals surface area contributed by atoms with Gasteiger partial charge in [-0.2, -0.15) is 0 Å². The number of nitrogens with zero attached hydrogens (tertiary/aromatic N) is 1. The van der Waals surface area contributed by atoms with E-state index in [9.17, 15) is 14.9 Å². The molecule has 2 aromatic rings. The van der Waals surface area contributed by atoms with Crippen LogP contribution in [0.2, 0.25) is 0 Å². The third kappa shape index (κ3) is 3.31. The Kier molecular flexibility index (Phi) is 4.56. The van der Waals surface area contributed by atoms with Crippen LogP contribution in [0.25, 0.3) is 0 Å². The second kappa shape index (κ2) is 6.39. The fraction of sp³-hybridized carbons (Fsp3) is 0.235. The molecule has 0 spiro atoms. The van der Waals surface area contributed by atoms with E-state index in [4.69, 9.17) is 4.74 Å². The minimum absolute atomic E-state index is 0.101. The lowest BCUT2D eigenvalue weighted by Gasteiger charge is -2.09. The van der Waals surface area contributed by atoms with Gasteiger partial charge in [0.15, 0.2) is 18.1 Å². The predicted octanol–water partition coefficient (Wildman–Crippen LogP) is 3.78. The van der Waals surface area contributed by atoms with Crippen molar-refractivity contribution in [2.75, 3.05) is 6.61 Å². The molecule has 0 aliphatic heterocycles. The number of carbonyl (C=O) groups is 1. The molecule has 22 heavy (non-hydrogen) atoms. The lowest BCUT2D eigenvalue weighted by atomic mass is 10.0. The van der Waals surface area contributed by atoms with Gasteiger partial charge in [0, 0.05) is 11.1 Å². The number of Topliss-reactive ketones (excluding diaryl/α,β-unsaturated/α-hetero) is 1. The molecule has 5 heteroatoms. The van der Waals surface area contributed by atoms with Gasteiger partial charge >= 0.3 is 5.69 Å². The molecule has 2 aromatic carbocycles. The van der Waals surface area contributed by atoms with Gasteiger partial charge in [-0.1, -0.05) is 35.9 Å². The lowest BCUT2D eigenvalue weighted by molar-refractivity contribution is -0.386. The van der Waals surface area contributed by atoms with Crippen molar-refractivity contribution in [2.24, 2.45) is 0 Å². The molecular weight excluding hydrogens is 282 g/mol. The first-order valence-corrected chi connectivity index (χ1v) is 6.87. The zero-order valence-corrected chi connectivity index (χ0v) is 12.8. The molecule has 0 radical (unpaired) electrons. The molecule has 0 amide bonds. The smallest absolute Gasteiger partial charge is 0.313 e. The van der Waals surface area contributed by atoms with Gasteiger partial charge in [0.2, 0.25) is 0 Å². The van der Waals surface area contributed by atoms with E-state index in [2.05, 4.69) is 0 Å². The maximum Gasteiger partial charge on any atom is 0.313 e. The van der Waals surface area contributed by atoms with Crippen LogP contribution in [0, 0.1) is 30.9 Å². The SMILES string of the molecule is Cc1ccc(C(=O)COc2cccc(C)c2[N+](=O)[O-])c(C)c1. The van der Waals surface area contributed by atoms with E-state index < -0.39 is 4.92 Å². The van der Waals surface area contributed by atoms with Crippen molar-refractivity contribution in [1.82, 2.24) is 0 Å². The molecule has 0 heterocycles. The van der Waals surface area contributed by atoms with Crippen molar-refractivity contribution in [3.8, 4) is 5.75 Å². The summed E-state index contributed by atoms with van der Waals surface area (Å²) in [5, 5.41) is 11.1. The molecule has 0 N–H and O–H groups in total. The molecule has 0 aliphatic carbocycles. The highest BCUT2D eigenvalue weighted by molar-refractivity contribution is 5.98.